The van der Waals surface area contributed by atoms with Gasteiger partial charge in [-0.15, -0.1) is 0 Å². The molecule has 0 aromatic carbocycles. The molecule has 1 aromatic heterocycles. The van der Waals surface area contributed by atoms with Crippen LogP contribution in [-0.4, -0.2) is 42.1 Å². The van der Waals surface area contributed by atoms with Crippen molar-refractivity contribution in [2.75, 3.05) is 25.0 Å². The van der Waals surface area contributed by atoms with Crippen LogP contribution in [0.5, 0.6) is 0 Å². The number of amides is 1. The summed E-state index contributed by atoms with van der Waals surface area (Å²) in [5, 5.41) is 11.9. The van der Waals surface area contributed by atoms with Gasteiger partial charge >= 0.3 is 5.97 Å². The van der Waals surface area contributed by atoms with Gasteiger partial charge in [-0.25, -0.2) is 0 Å². The summed E-state index contributed by atoms with van der Waals surface area (Å²) in [5.74, 6) is -0.992. The van der Waals surface area contributed by atoms with Crippen molar-refractivity contribution in [3.63, 3.8) is 0 Å². The molecule has 1 unspecified atom stereocenters. The highest BCUT2D eigenvalue weighted by molar-refractivity contribution is 5.93. The van der Waals surface area contributed by atoms with E-state index in [4.69, 9.17) is 0 Å². The van der Waals surface area contributed by atoms with Crippen LogP contribution < -0.4 is 10.2 Å². The first kappa shape index (κ1) is 14.3. The molecule has 0 aliphatic carbocycles. The molecule has 0 spiro atoms. The van der Waals surface area contributed by atoms with Gasteiger partial charge in [-0.3, -0.25) is 14.6 Å². The third-order valence-corrected chi connectivity index (χ3v) is 4.05. The Labute approximate surface area is 117 Å². The second-order valence-electron chi connectivity index (χ2n) is 5.09. The number of aliphatic carboxylic acids is 1. The molecule has 1 aliphatic heterocycles. The lowest BCUT2D eigenvalue weighted by atomic mass is 9.84. The first-order valence-electron chi connectivity index (χ1n) is 6.69. The van der Waals surface area contributed by atoms with E-state index in [0.29, 0.717) is 31.6 Å². The predicted molar refractivity (Wildman–Crippen MR) is 74.8 cm³/mol. The first-order valence-corrected chi connectivity index (χ1v) is 6.69. The molecule has 1 amide bonds. The summed E-state index contributed by atoms with van der Waals surface area (Å²) in [5.41, 5.74) is 0.501. The zero-order chi connectivity index (χ0) is 14.8. The van der Waals surface area contributed by atoms with Crippen molar-refractivity contribution < 1.29 is 14.7 Å². The number of hydrogen-bond donors (Lipinski definition) is 2. The number of nitrogens with zero attached hydrogens (tertiary/aromatic N) is 2. The lowest BCUT2D eigenvalue weighted by Crippen LogP contribution is -2.34. The Morgan fingerprint density at radius 1 is 1.55 bits per heavy atom. The summed E-state index contributed by atoms with van der Waals surface area (Å²) in [6, 6.07) is 3.51. The molecule has 6 nitrogen and oxygen atoms in total. The largest absolute Gasteiger partial charge is 0.481 e. The summed E-state index contributed by atoms with van der Waals surface area (Å²) in [6.45, 7) is 3.05. The normalized spacial score (nSPS) is 21.8. The van der Waals surface area contributed by atoms with Crippen LogP contribution in [0.4, 0.5) is 5.69 Å². The Hall–Kier alpha value is -2.11. The van der Waals surface area contributed by atoms with Gasteiger partial charge in [0.2, 0.25) is 0 Å². The number of hydrogen-bond acceptors (Lipinski definition) is 4. The molecule has 6 heteroatoms. The zero-order valence-corrected chi connectivity index (χ0v) is 11.7. The average molecular weight is 277 g/mol. The lowest BCUT2D eigenvalue weighted by Gasteiger charge is -2.24. The Morgan fingerprint density at radius 2 is 2.30 bits per heavy atom. The number of carbonyl (C=O) groups excluding carboxylic acids is 1. The van der Waals surface area contributed by atoms with E-state index in [-0.39, 0.29) is 5.91 Å². The highest BCUT2D eigenvalue weighted by atomic mass is 16.4. The van der Waals surface area contributed by atoms with Crippen molar-refractivity contribution in [1.82, 2.24) is 10.3 Å². The number of nitrogens with one attached hydrogen (secondary N) is 1. The van der Waals surface area contributed by atoms with Crippen LogP contribution in [0.2, 0.25) is 0 Å². The molecule has 2 N–H and O–H groups in total. The molecule has 1 saturated heterocycles. The van der Waals surface area contributed by atoms with E-state index in [1.165, 1.54) is 0 Å². The van der Waals surface area contributed by atoms with Crippen molar-refractivity contribution in [2.45, 2.75) is 19.8 Å². The Bertz CT molecular complexity index is 532. The maximum Gasteiger partial charge on any atom is 0.311 e. The SMILES string of the molecule is CCC1(C(=O)O)CCN(c2ccnc(C(=O)NC)c2)C1. The highest BCUT2D eigenvalue weighted by Crippen LogP contribution is 2.36. The number of carboxylic acids is 1. The summed E-state index contributed by atoms with van der Waals surface area (Å²) in [6.07, 6.45) is 2.80. The molecular formula is C14H19N3O3. The molecule has 1 atom stereocenters. The van der Waals surface area contributed by atoms with Crippen molar-refractivity contribution in [3.05, 3.63) is 24.0 Å². The standard InChI is InChI=1S/C14H19N3O3/c1-3-14(13(19)20)5-7-17(9-14)10-4-6-16-11(8-10)12(18)15-2/h4,6,8H,3,5,7,9H2,1-2H3,(H,15,18)(H,19,20). The van der Waals surface area contributed by atoms with E-state index in [1.807, 2.05) is 11.8 Å². The molecular weight excluding hydrogens is 258 g/mol. The van der Waals surface area contributed by atoms with Crippen LogP contribution in [0.1, 0.15) is 30.3 Å². The number of carbonyl (C=O) groups is 2. The summed E-state index contributed by atoms with van der Waals surface area (Å²) in [4.78, 5) is 29.1. The third-order valence-electron chi connectivity index (χ3n) is 4.05. The smallest absolute Gasteiger partial charge is 0.311 e. The maximum atomic E-state index is 11.6. The quantitative estimate of drug-likeness (QED) is 0.862. The first-order chi connectivity index (χ1) is 9.52. The Kier molecular flexibility index (Phi) is 3.92. The van der Waals surface area contributed by atoms with Gasteiger partial charge < -0.3 is 15.3 Å². The topological polar surface area (TPSA) is 82.5 Å². The lowest BCUT2D eigenvalue weighted by molar-refractivity contribution is -0.147. The van der Waals surface area contributed by atoms with E-state index >= 15 is 0 Å². The third kappa shape index (κ3) is 2.45. The van der Waals surface area contributed by atoms with Crippen LogP contribution in [0.25, 0.3) is 0 Å². The van der Waals surface area contributed by atoms with Crippen LogP contribution in [-0.2, 0) is 4.79 Å². The van der Waals surface area contributed by atoms with E-state index in [2.05, 4.69) is 10.3 Å². The molecule has 1 fully saturated rings. The minimum atomic E-state index is -0.747. The fraction of sp³-hybridized carbons (Fsp3) is 0.500. The van der Waals surface area contributed by atoms with E-state index < -0.39 is 11.4 Å². The molecule has 1 aliphatic rings. The van der Waals surface area contributed by atoms with Gasteiger partial charge in [-0.2, -0.15) is 0 Å². The summed E-state index contributed by atoms with van der Waals surface area (Å²) >= 11 is 0. The van der Waals surface area contributed by atoms with Gasteiger partial charge in [-0.05, 0) is 25.0 Å². The van der Waals surface area contributed by atoms with Crippen LogP contribution in [0, 0.1) is 5.41 Å². The van der Waals surface area contributed by atoms with Crippen LogP contribution in [0.15, 0.2) is 18.3 Å². The zero-order valence-electron chi connectivity index (χ0n) is 11.7. The minimum absolute atomic E-state index is 0.244. The van der Waals surface area contributed by atoms with E-state index in [0.717, 1.165) is 5.69 Å². The number of carboxylic acid groups (broad SMARTS) is 1. The molecule has 1 aromatic rings. The second kappa shape index (κ2) is 5.48. The van der Waals surface area contributed by atoms with Crippen LogP contribution in [0.3, 0.4) is 0 Å². The Morgan fingerprint density at radius 3 is 2.85 bits per heavy atom. The van der Waals surface area contributed by atoms with E-state index in [9.17, 15) is 14.7 Å². The molecule has 2 rings (SSSR count). The molecule has 0 saturated carbocycles. The monoisotopic (exact) mass is 277 g/mol. The second-order valence-corrected chi connectivity index (χ2v) is 5.09. The summed E-state index contributed by atoms with van der Waals surface area (Å²) < 4.78 is 0. The Balaban J connectivity index is 2.22. The fourth-order valence-corrected chi connectivity index (χ4v) is 2.58. The van der Waals surface area contributed by atoms with Crippen LogP contribution >= 0.6 is 0 Å². The summed E-state index contributed by atoms with van der Waals surface area (Å²) in [7, 11) is 1.55. The van der Waals surface area contributed by atoms with E-state index in [1.54, 1.807) is 25.4 Å². The van der Waals surface area contributed by atoms with Crippen molar-refractivity contribution in [1.29, 1.82) is 0 Å². The van der Waals surface area contributed by atoms with Crippen molar-refractivity contribution in [2.24, 2.45) is 5.41 Å². The number of aromatic nitrogens is 1. The van der Waals surface area contributed by atoms with Gasteiger partial charge in [0.25, 0.3) is 5.91 Å². The van der Waals surface area contributed by atoms with Crippen molar-refractivity contribution in [3.8, 4) is 0 Å². The van der Waals surface area contributed by atoms with Gasteiger partial charge in [0.15, 0.2) is 0 Å². The number of anilines is 1. The van der Waals surface area contributed by atoms with Crippen molar-refractivity contribution >= 4 is 17.6 Å². The van der Waals surface area contributed by atoms with Gasteiger partial charge in [0.1, 0.15) is 5.69 Å². The minimum Gasteiger partial charge on any atom is -0.481 e. The molecule has 0 bridgehead atoms. The number of pyridine rings is 1. The average Bonchev–Trinajstić information content (AvgIpc) is 2.92. The molecule has 20 heavy (non-hydrogen) atoms. The number of rotatable bonds is 4. The fourth-order valence-electron chi connectivity index (χ4n) is 2.58. The van der Waals surface area contributed by atoms with Gasteiger partial charge in [-0.1, -0.05) is 6.92 Å². The van der Waals surface area contributed by atoms with Gasteiger partial charge in [0, 0.05) is 32.0 Å². The predicted octanol–water partition coefficient (Wildman–Crippen LogP) is 1.13. The highest BCUT2D eigenvalue weighted by Gasteiger charge is 2.43. The maximum absolute atomic E-state index is 11.6. The molecule has 108 valence electrons. The van der Waals surface area contributed by atoms with Gasteiger partial charge in [0.05, 0.1) is 5.41 Å². The molecule has 2 heterocycles. The molecule has 0 radical (unpaired) electrons.